The van der Waals surface area contributed by atoms with Crippen molar-refractivity contribution in [3.8, 4) is 5.75 Å². The molecule has 1 aromatic heterocycles. The molecule has 3 atom stereocenters. The van der Waals surface area contributed by atoms with E-state index in [-0.39, 0.29) is 48.3 Å². The van der Waals surface area contributed by atoms with Crippen LogP contribution in [-0.4, -0.2) is 33.3 Å². The minimum Gasteiger partial charge on any atom is -0.492 e. The third-order valence-corrected chi connectivity index (χ3v) is 7.37. The fraction of sp³-hybridized carbons (Fsp3) is 0.500. The number of hydrogen-bond donors (Lipinski definition) is 2. The SMILES string of the molecule is CC1CC(O)(c2ccc(C(F)(F)F)cc2)CC(COc2cc(C(F)(F)F)c3c(c2)ncn3C2CCC2)N1. The van der Waals surface area contributed by atoms with Gasteiger partial charge in [-0.15, -0.1) is 0 Å². The molecule has 1 aliphatic carbocycles. The van der Waals surface area contributed by atoms with Crippen LogP contribution in [0.5, 0.6) is 5.75 Å². The van der Waals surface area contributed by atoms with Gasteiger partial charge in [0.2, 0.25) is 0 Å². The highest BCUT2D eigenvalue weighted by Gasteiger charge is 2.40. The molecule has 5 rings (SSSR count). The van der Waals surface area contributed by atoms with Gasteiger partial charge in [0.05, 0.1) is 34.1 Å². The number of aliphatic hydroxyl groups is 1. The number of hydrogen-bond acceptors (Lipinski definition) is 4. The van der Waals surface area contributed by atoms with Crippen molar-refractivity contribution in [2.75, 3.05) is 6.61 Å². The molecule has 1 aliphatic heterocycles. The minimum atomic E-state index is -4.60. The Balaban J connectivity index is 1.35. The normalized spacial score (nSPS) is 25.3. The molecule has 2 aromatic carbocycles. The maximum atomic E-state index is 14.0. The fourth-order valence-corrected chi connectivity index (χ4v) is 5.41. The molecule has 5 nitrogen and oxygen atoms in total. The first-order valence-electron chi connectivity index (χ1n) is 12.2. The molecule has 0 radical (unpaired) electrons. The van der Waals surface area contributed by atoms with E-state index >= 15 is 0 Å². The Morgan fingerprint density at radius 3 is 2.35 bits per heavy atom. The van der Waals surface area contributed by atoms with Gasteiger partial charge in [-0.25, -0.2) is 4.98 Å². The molecule has 0 spiro atoms. The van der Waals surface area contributed by atoms with Gasteiger partial charge in [-0.1, -0.05) is 12.1 Å². The fourth-order valence-electron chi connectivity index (χ4n) is 5.41. The first-order chi connectivity index (χ1) is 17.3. The Labute approximate surface area is 209 Å². The molecule has 0 amide bonds. The van der Waals surface area contributed by atoms with E-state index in [0.717, 1.165) is 37.5 Å². The molecule has 1 saturated carbocycles. The summed E-state index contributed by atoms with van der Waals surface area (Å²) in [5, 5.41) is 14.6. The first-order valence-corrected chi connectivity index (χ1v) is 12.2. The van der Waals surface area contributed by atoms with Crippen LogP contribution in [-0.2, 0) is 18.0 Å². The van der Waals surface area contributed by atoms with Crippen molar-refractivity contribution >= 4 is 11.0 Å². The molecule has 3 aromatic rings. The van der Waals surface area contributed by atoms with Gasteiger partial charge in [-0.2, -0.15) is 26.3 Å². The molecule has 2 aliphatic rings. The average molecular weight is 528 g/mol. The van der Waals surface area contributed by atoms with E-state index in [1.165, 1.54) is 24.5 Å². The molecule has 2 fully saturated rings. The second-order valence-corrected chi connectivity index (χ2v) is 10.2. The van der Waals surface area contributed by atoms with Gasteiger partial charge >= 0.3 is 12.4 Å². The van der Waals surface area contributed by atoms with Crippen LogP contribution in [0.15, 0.2) is 42.7 Å². The Morgan fingerprint density at radius 1 is 1.05 bits per heavy atom. The number of halogens is 6. The van der Waals surface area contributed by atoms with E-state index in [0.29, 0.717) is 5.56 Å². The number of aromatic nitrogens is 2. The lowest BCUT2D eigenvalue weighted by Crippen LogP contribution is -2.53. The number of ether oxygens (including phenoxy) is 1. The zero-order valence-electron chi connectivity index (χ0n) is 20.0. The van der Waals surface area contributed by atoms with Crippen LogP contribution < -0.4 is 10.1 Å². The topological polar surface area (TPSA) is 59.3 Å². The molecule has 1 saturated heterocycles. The Bertz CT molecular complexity index is 1270. The van der Waals surface area contributed by atoms with Crippen LogP contribution in [0.1, 0.15) is 61.8 Å². The Morgan fingerprint density at radius 2 is 1.76 bits per heavy atom. The van der Waals surface area contributed by atoms with E-state index in [4.69, 9.17) is 4.74 Å². The lowest BCUT2D eigenvalue weighted by molar-refractivity contribution is -0.138. The molecule has 11 heteroatoms. The standard InChI is InChI=1S/C26H27F6N3O2/c1-15-11-24(36,16-5-7-17(8-6-16)25(27,28)29)12-18(34-15)13-37-20-9-21(26(30,31)32)23-22(10-20)33-14-35(23)19-3-2-4-19/h5-10,14-15,18-19,34,36H,2-4,11-13H2,1H3. The van der Waals surface area contributed by atoms with Crippen molar-refractivity contribution in [1.82, 2.24) is 14.9 Å². The summed E-state index contributed by atoms with van der Waals surface area (Å²) in [6, 6.07) is 6.20. The number of rotatable bonds is 5. The molecular formula is C26H27F6N3O2. The van der Waals surface area contributed by atoms with Crippen molar-refractivity contribution < 1.29 is 36.2 Å². The predicted octanol–water partition coefficient (Wildman–Crippen LogP) is 6.21. The summed E-state index contributed by atoms with van der Waals surface area (Å²) in [6.45, 7) is 1.78. The van der Waals surface area contributed by atoms with Crippen LogP contribution in [0, 0.1) is 0 Å². The maximum absolute atomic E-state index is 14.0. The summed E-state index contributed by atoms with van der Waals surface area (Å²) in [7, 11) is 0. The first kappa shape index (κ1) is 25.8. The van der Waals surface area contributed by atoms with Crippen LogP contribution in [0.2, 0.25) is 0 Å². The number of fused-ring (bicyclic) bond motifs is 1. The second kappa shape index (κ2) is 9.20. The molecular weight excluding hydrogens is 500 g/mol. The summed E-state index contributed by atoms with van der Waals surface area (Å²) in [5.41, 5.74) is -2.44. The molecule has 2 N–H and O–H groups in total. The Hall–Kier alpha value is -2.79. The van der Waals surface area contributed by atoms with E-state index in [2.05, 4.69) is 10.3 Å². The monoisotopic (exact) mass is 527 g/mol. The highest BCUT2D eigenvalue weighted by molar-refractivity contribution is 5.82. The van der Waals surface area contributed by atoms with Crippen molar-refractivity contribution in [1.29, 1.82) is 0 Å². The summed E-state index contributed by atoms with van der Waals surface area (Å²) in [5.74, 6) is 0.0109. The van der Waals surface area contributed by atoms with E-state index in [9.17, 15) is 31.4 Å². The zero-order valence-corrected chi connectivity index (χ0v) is 20.0. The summed E-state index contributed by atoms with van der Waals surface area (Å²) >= 11 is 0. The lowest BCUT2D eigenvalue weighted by Gasteiger charge is -2.41. The maximum Gasteiger partial charge on any atom is 0.418 e. The van der Waals surface area contributed by atoms with Crippen LogP contribution >= 0.6 is 0 Å². The van der Waals surface area contributed by atoms with Crippen LogP contribution in [0.3, 0.4) is 0 Å². The highest BCUT2D eigenvalue weighted by atomic mass is 19.4. The Kier molecular flexibility index (Phi) is 6.42. The minimum absolute atomic E-state index is 0.00803. The number of alkyl halides is 6. The largest absolute Gasteiger partial charge is 0.492 e. The third kappa shape index (κ3) is 5.16. The lowest BCUT2D eigenvalue weighted by atomic mass is 9.79. The molecule has 200 valence electrons. The van der Waals surface area contributed by atoms with Crippen molar-refractivity contribution in [2.24, 2.45) is 0 Å². The third-order valence-electron chi connectivity index (χ3n) is 7.37. The summed E-state index contributed by atoms with van der Waals surface area (Å²) in [4.78, 5) is 4.20. The second-order valence-electron chi connectivity index (χ2n) is 10.2. The number of piperidine rings is 1. The van der Waals surface area contributed by atoms with Crippen molar-refractivity contribution in [3.05, 3.63) is 59.4 Å². The van der Waals surface area contributed by atoms with Gasteiger partial charge in [0, 0.05) is 24.2 Å². The summed E-state index contributed by atoms with van der Waals surface area (Å²) in [6.07, 6.45) is -4.66. The quantitative estimate of drug-likeness (QED) is 0.388. The number of imidazole rings is 1. The van der Waals surface area contributed by atoms with Gasteiger partial charge in [0.25, 0.3) is 0 Å². The van der Waals surface area contributed by atoms with Gasteiger partial charge in [-0.3, -0.25) is 0 Å². The molecule has 3 unspecified atom stereocenters. The van der Waals surface area contributed by atoms with E-state index in [1.54, 1.807) is 4.57 Å². The van der Waals surface area contributed by atoms with Gasteiger partial charge < -0.3 is 19.7 Å². The number of nitrogens with zero attached hydrogens (tertiary/aromatic N) is 2. The zero-order chi connectivity index (χ0) is 26.6. The van der Waals surface area contributed by atoms with Crippen molar-refractivity contribution in [3.63, 3.8) is 0 Å². The predicted molar refractivity (Wildman–Crippen MR) is 124 cm³/mol. The van der Waals surface area contributed by atoms with Crippen LogP contribution in [0.4, 0.5) is 26.3 Å². The number of benzene rings is 2. The van der Waals surface area contributed by atoms with Crippen LogP contribution in [0.25, 0.3) is 11.0 Å². The van der Waals surface area contributed by atoms with E-state index in [1.807, 2.05) is 6.92 Å². The number of nitrogens with one attached hydrogen (secondary N) is 1. The molecule has 0 bridgehead atoms. The average Bonchev–Trinajstić information content (AvgIpc) is 3.17. The van der Waals surface area contributed by atoms with E-state index < -0.39 is 35.1 Å². The smallest absolute Gasteiger partial charge is 0.418 e. The molecule has 37 heavy (non-hydrogen) atoms. The highest BCUT2D eigenvalue weighted by Crippen LogP contribution is 2.42. The van der Waals surface area contributed by atoms with Crippen molar-refractivity contribution in [2.45, 2.75) is 75.1 Å². The van der Waals surface area contributed by atoms with Gasteiger partial charge in [0.1, 0.15) is 12.4 Å². The van der Waals surface area contributed by atoms with Gasteiger partial charge in [-0.05, 0) is 62.8 Å². The summed E-state index contributed by atoms with van der Waals surface area (Å²) < 4.78 is 88.1. The molecule has 2 heterocycles. The van der Waals surface area contributed by atoms with Gasteiger partial charge in [0.15, 0.2) is 0 Å².